The lowest BCUT2D eigenvalue weighted by molar-refractivity contribution is 0.178. The first kappa shape index (κ1) is 14.6. The summed E-state index contributed by atoms with van der Waals surface area (Å²) in [5, 5.41) is 10.9. The van der Waals surface area contributed by atoms with Gasteiger partial charge in [0.1, 0.15) is 5.75 Å². The van der Waals surface area contributed by atoms with Gasteiger partial charge in [0, 0.05) is 9.99 Å². The van der Waals surface area contributed by atoms with Crippen LogP contribution < -0.4 is 4.74 Å². The minimum absolute atomic E-state index is 0.553. The van der Waals surface area contributed by atoms with Crippen molar-refractivity contribution < 1.29 is 9.84 Å². The largest absolute Gasteiger partial charge is 0.497 e. The van der Waals surface area contributed by atoms with Crippen molar-refractivity contribution in [3.63, 3.8) is 0 Å². The van der Waals surface area contributed by atoms with Gasteiger partial charge in [-0.25, -0.2) is 0 Å². The van der Waals surface area contributed by atoms with Crippen LogP contribution in [0.1, 0.15) is 17.2 Å². The molecular formula is C15H14ClIO2. The average Bonchev–Trinajstić information content (AvgIpc) is 2.42. The van der Waals surface area contributed by atoms with Gasteiger partial charge >= 0.3 is 0 Å². The zero-order chi connectivity index (χ0) is 13.8. The molecule has 0 aliphatic carbocycles. The fourth-order valence-electron chi connectivity index (χ4n) is 1.82. The molecule has 100 valence electrons. The molecule has 0 saturated heterocycles. The van der Waals surface area contributed by atoms with Crippen LogP contribution in [-0.2, 0) is 6.42 Å². The summed E-state index contributed by atoms with van der Waals surface area (Å²) < 4.78 is 6.09. The van der Waals surface area contributed by atoms with Crippen molar-refractivity contribution in [2.75, 3.05) is 7.11 Å². The van der Waals surface area contributed by atoms with E-state index >= 15 is 0 Å². The predicted molar refractivity (Wildman–Crippen MR) is 85.8 cm³/mol. The van der Waals surface area contributed by atoms with Gasteiger partial charge < -0.3 is 9.84 Å². The molecule has 0 aliphatic heterocycles. The molecular weight excluding hydrogens is 375 g/mol. The topological polar surface area (TPSA) is 29.5 Å². The van der Waals surface area contributed by atoms with Crippen molar-refractivity contribution in [3.05, 3.63) is 62.2 Å². The molecule has 2 aromatic rings. The number of halogens is 2. The Balaban J connectivity index is 2.10. The van der Waals surface area contributed by atoms with Crippen LogP contribution in [0.15, 0.2) is 42.5 Å². The Kier molecular flexibility index (Phi) is 5.07. The van der Waals surface area contributed by atoms with Crippen LogP contribution in [0.2, 0.25) is 5.02 Å². The molecule has 4 heteroatoms. The fraction of sp³-hybridized carbons (Fsp3) is 0.200. The zero-order valence-corrected chi connectivity index (χ0v) is 13.4. The molecule has 1 N–H and O–H groups in total. The smallest absolute Gasteiger partial charge is 0.118 e. The average molecular weight is 389 g/mol. The summed E-state index contributed by atoms with van der Waals surface area (Å²) in [5.74, 6) is 0.815. The van der Waals surface area contributed by atoms with Gasteiger partial charge in [-0.3, -0.25) is 0 Å². The van der Waals surface area contributed by atoms with E-state index in [2.05, 4.69) is 22.6 Å². The van der Waals surface area contributed by atoms with Gasteiger partial charge in [0.2, 0.25) is 0 Å². The first-order valence-electron chi connectivity index (χ1n) is 5.86. The lowest BCUT2D eigenvalue weighted by atomic mass is 10.0. The van der Waals surface area contributed by atoms with Crippen molar-refractivity contribution in [3.8, 4) is 5.75 Å². The maximum absolute atomic E-state index is 10.2. The summed E-state index contributed by atoms with van der Waals surface area (Å²) in [5.41, 5.74) is 1.89. The molecule has 2 nitrogen and oxygen atoms in total. The highest BCUT2D eigenvalue weighted by molar-refractivity contribution is 14.1. The van der Waals surface area contributed by atoms with Gasteiger partial charge in [-0.1, -0.05) is 29.8 Å². The molecule has 0 aromatic heterocycles. The third-order valence-corrected chi connectivity index (χ3v) is 4.49. The summed E-state index contributed by atoms with van der Waals surface area (Å²) in [4.78, 5) is 0. The van der Waals surface area contributed by atoms with Crippen LogP contribution in [0.4, 0.5) is 0 Å². The number of hydrogen-bond acceptors (Lipinski definition) is 2. The molecule has 0 bridgehead atoms. The van der Waals surface area contributed by atoms with Crippen LogP contribution in [0.5, 0.6) is 5.75 Å². The maximum atomic E-state index is 10.2. The fourth-order valence-corrected chi connectivity index (χ4v) is 2.35. The Hall–Kier alpha value is -0.780. The third-order valence-electron chi connectivity index (χ3n) is 2.92. The predicted octanol–water partition coefficient (Wildman–Crippen LogP) is 4.23. The molecule has 0 heterocycles. The Labute approximate surface area is 131 Å². The first-order valence-corrected chi connectivity index (χ1v) is 7.32. The molecule has 0 fully saturated rings. The third kappa shape index (κ3) is 3.84. The number of hydrogen-bond donors (Lipinski definition) is 1. The lowest BCUT2D eigenvalue weighted by Crippen LogP contribution is -2.02. The van der Waals surface area contributed by atoms with E-state index in [1.54, 1.807) is 7.11 Å². The number of aliphatic hydroxyl groups is 1. The molecule has 0 amide bonds. The van der Waals surface area contributed by atoms with Crippen molar-refractivity contribution >= 4 is 34.2 Å². The highest BCUT2D eigenvalue weighted by Crippen LogP contribution is 2.25. The molecule has 2 aromatic carbocycles. The Morgan fingerprint density at radius 1 is 1.21 bits per heavy atom. The van der Waals surface area contributed by atoms with Crippen molar-refractivity contribution in [2.45, 2.75) is 12.5 Å². The van der Waals surface area contributed by atoms with Crippen LogP contribution in [-0.4, -0.2) is 12.2 Å². The van der Waals surface area contributed by atoms with E-state index in [-0.39, 0.29) is 0 Å². The van der Waals surface area contributed by atoms with E-state index in [1.165, 1.54) is 0 Å². The van der Waals surface area contributed by atoms with Crippen LogP contribution in [0.3, 0.4) is 0 Å². The molecule has 0 radical (unpaired) electrons. The molecule has 19 heavy (non-hydrogen) atoms. The lowest BCUT2D eigenvalue weighted by Gasteiger charge is -2.12. The van der Waals surface area contributed by atoms with Gasteiger partial charge in [-0.15, -0.1) is 0 Å². The second-order valence-electron chi connectivity index (χ2n) is 4.24. The van der Waals surface area contributed by atoms with Crippen LogP contribution >= 0.6 is 34.2 Å². The molecule has 0 aliphatic rings. The van der Waals surface area contributed by atoms with Crippen LogP contribution in [0.25, 0.3) is 0 Å². The number of benzene rings is 2. The quantitative estimate of drug-likeness (QED) is 0.794. The van der Waals surface area contributed by atoms with Gasteiger partial charge in [-0.2, -0.15) is 0 Å². The van der Waals surface area contributed by atoms with E-state index in [0.717, 1.165) is 20.4 Å². The number of methoxy groups -OCH3 is 1. The normalized spacial score (nSPS) is 12.2. The zero-order valence-electron chi connectivity index (χ0n) is 10.4. The van der Waals surface area contributed by atoms with E-state index in [1.807, 2.05) is 42.5 Å². The summed E-state index contributed by atoms with van der Waals surface area (Å²) in [7, 11) is 1.64. The van der Waals surface area contributed by atoms with Crippen molar-refractivity contribution in [2.24, 2.45) is 0 Å². The number of rotatable bonds is 4. The van der Waals surface area contributed by atoms with Gasteiger partial charge in [-0.05, 0) is 58.0 Å². The monoisotopic (exact) mass is 388 g/mol. The maximum Gasteiger partial charge on any atom is 0.118 e. The minimum atomic E-state index is -0.553. The Bertz CT molecular complexity index is 555. The summed E-state index contributed by atoms with van der Waals surface area (Å²) in [6.07, 6.45) is 0.00359. The Morgan fingerprint density at radius 3 is 2.47 bits per heavy atom. The van der Waals surface area contributed by atoms with E-state index in [4.69, 9.17) is 16.3 Å². The Morgan fingerprint density at radius 2 is 1.89 bits per heavy atom. The second-order valence-corrected chi connectivity index (χ2v) is 5.81. The van der Waals surface area contributed by atoms with Crippen molar-refractivity contribution in [1.82, 2.24) is 0 Å². The molecule has 1 unspecified atom stereocenters. The number of aliphatic hydroxyl groups excluding tert-OH is 1. The van der Waals surface area contributed by atoms with Gasteiger partial charge in [0.15, 0.2) is 0 Å². The molecule has 2 rings (SSSR count). The number of ether oxygens (including phenoxy) is 1. The molecule has 0 spiro atoms. The molecule has 0 saturated carbocycles. The summed E-state index contributed by atoms with van der Waals surface area (Å²) in [6, 6.07) is 13.3. The highest BCUT2D eigenvalue weighted by Gasteiger charge is 2.10. The SMILES string of the molecule is COc1ccc(CC(O)c2ccc(I)c(Cl)c2)cc1. The first-order chi connectivity index (χ1) is 9.10. The minimum Gasteiger partial charge on any atom is -0.497 e. The van der Waals surface area contributed by atoms with Crippen LogP contribution in [0, 0.1) is 3.57 Å². The van der Waals surface area contributed by atoms with Gasteiger partial charge in [0.05, 0.1) is 18.2 Å². The summed E-state index contributed by atoms with van der Waals surface area (Å²) >= 11 is 8.23. The van der Waals surface area contributed by atoms with E-state index < -0.39 is 6.10 Å². The molecule has 1 atom stereocenters. The van der Waals surface area contributed by atoms with E-state index in [0.29, 0.717) is 11.4 Å². The van der Waals surface area contributed by atoms with Gasteiger partial charge in [0.25, 0.3) is 0 Å². The standard InChI is InChI=1S/C15H14ClIO2/c1-19-12-5-2-10(3-6-12)8-15(18)11-4-7-14(17)13(16)9-11/h2-7,9,15,18H,8H2,1H3. The van der Waals surface area contributed by atoms with Crippen molar-refractivity contribution in [1.29, 1.82) is 0 Å². The van der Waals surface area contributed by atoms with E-state index in [9.17, 15) is 5.11 Å². The summed E-state index contributed by atoms with van der Waals surface area (Å²) in [6.45, 7) is 0. The second kappa shape index (κ2) is 6.59. The highest BCUT2D eigenvalue weighted by atomic mass is 127.